The fourth-order valence-electron chi connectivity index (χ4n) is 2.14. The number of fused-ring (bicyclic) bond motifs is 1. The standard InChI is InChI=1S/C17H23NO/c1-3-11-18-13-16(4-2)19-17-10-9-14-7-5-6-8-15(14)12-17/h5-10,12,16,18H,3-4,11,13H2,1-2H3. The van der Waals surface area contributed by atoms with Gasteiger partial charge >= 0.3 is 0 Å². The van der Waals surface area contributed by atoms with E-state index in [4.69, 9.17) is 4.74 Å². The highest BCUT2D eigenvalue weighted by atomic mass is 16.5. The van der Waals surface area contributed by atoms with Gasteiger partial charge in [-0.3, -0.25) is 0 Å². The van der Waals surface area contributed by atoms with E-state index in [0.29, 0.717) is 0 Å². The third kappa shape index (κ3) is 3.97. The molecule has 2 nitrogen and oxygen atoms in total. The summed E-state index contributed by atoms with van der Waals surface area (Å²) in [6.45, 7) is 6.31. The first kappa shape index (κ1) is 13.9. The van der Waals surface area contributed by atoms with Crippen LogP contribution in [-0.4, -0.2) is 19.2 Å². The van der Waals surface area contributed by atoms with Crippen LogP contribution in [-0.2, 0) is 0 Å². The highest BCUT2D eigenvalue weighted by molar-refractivity contribution is 5.83. The van der Waals surface area contributed by atoms with E-state index in [1.165, 1.54) is 10.8 Å². The molecule has 0 aliphatic rings. The lowest BCUT2D eigenvalue weighted by atomic mass is 10.1. The van der Waals surface area contributed by atoms with Crippen LogP contribution in [0.3, 0.4) is 0 Å². The zero-order chi connectivity index (χ0) is 13.5. The first-order valence-corrected chi connectivity index (χ1v) is 7.19. The molecule has 0 saturated carbocycles. The van der Waals surface area contributed by atoms with E-state index >= 15 is 0 Å². The molecular weight excluding hydrogens is 234 g/mol. The van der Waals surface area contributed by atoms with Gasteiger partial charge in [-0.1, -0.05) is 44.2 Å². The van der Waals surface area contributed by atoms with Crippen LogP contribution in [0.1, 0.15) is 26.7 Å². The Labute approximate surface area is 115 Å². The van der Waals surface area contributed by atoms with Gasteiger partial charge in [0.1, 0.15) is 11.9 Å². The third-order valence-electron chi connectivity index (χ3n) is 3.28. The molecule has 1 atom stereocenters. The van der Waals surface area contributed by atoms with Crippen molar-refractivity contribution in [2.24, 2.45) is 0 Å². The molecule has 0 aliphatic heterocycles. The van der Waals surface area contributed by atoms with E-state index in [-0.39, 0.29) is 6.10 Å². The lowest BCUT2D eigenvalue weighted by Crippen LogP contribution is -2.31. The summed E-state index contributed by atoms with van der Waals surface area (Å²) in [5, 5.41) is 5.91. The summed E-state index contributed by atoms with van der Waals surface area (Å²) in [6, 6.07) is 14.7. The minimum absolute atomic E-state index is 0.243. The Morgan fingerprint density at radius 1 is 1.05 bits per heavy atom. The minimum Gasteiger partial charge on any atom is -0.489 e. The SMILES string of the molecule is CCCNCC(CC)Oc1ccc2ccccc2c1. The van der Waals surface area contributed by atoms with Crippen LogP contribution in [0.15, 0.2) is 42.5 Å². The lowest BCUT2D eigenvalue weighted by molar-refractivity contribution is 0.194. The fraction of sp³-hybridized carbons (Fsp3) is 0.412. The molecule has 2 heteroatoms. The number of hydrogen-bond acceptors (Lipinski definition) is 2. The van der Waals surface area contributed by atoms with Crippen molar-refractivity contribution in [1.82, 2.24) is 5.32 Å². The smallest absolute Gasteiger partial charge is 0.120 e. The summed E-state index contributed by atoms with van der Waals surface area (Å²) in [4.78, 5) is 0. The van der Waals surface area contributed by atoms with Gasteiger partial charge in [-0.25, -0.2) is 0 Å². The molecule has 0 amide bonds. The summed E-state index contributed by atoms with van der Waals surface area (Å²) in [5.74, 6) is 0.962. The van der Waals surface area contributed by atoms with E-state index in [9.17, 15) is 0 Å². The molecule has 0 saturated heterocycles. The molecule has 1 unspecified atom stereocenters. The van der Waals surface area contributed by atoms with Crippen LogP contribution >= 0.6 is 0 Å². The highest BCUT2D eigenvalue weighted by Crippen LogP contribution is 2.21. The monoisotopic (exact) mass is 257 g/mol. The fourth-order valence-corrected chi connectivity index (χ4v) is 2.14. The highest BCUT2D eigenvalue weighted by Gasteiger charge is 2.07. The molecule has 0 aromatic heterocycles. The second-order valence-corrected chi connectivity index (χ2v) is 4.86. The first-order chi connectivity index (χ1) is 9.33. The zero-order valence-corrected chi connectivity index (χ0v) is 11.9. The van der Waals surface area contributed by atoms with Crippen molar-refractivity contribution in [1.29, 1.82) is 0 Å². The molecule has 1 N–H and O–H groups in total. The van der Waals surface area contributed by atoms with Gasteiger partial charge < -0.3 is 10.1 Å². The molecular formula is C17H23NO. The van der Waals surface area contributed by atoms with Crippen molar-refractivity contribution in [2.45, 2.75) is 32.8 Å². The molecule has 0 bridgehead atoms. The minimum atomic E-state index is 0.243. The van der Waals surface area contributed by atoms with E-state index in [2.05, 4.69) is 61.6 Å². The molecule has 2 rings (SSSR count). The quantitative estimate of drug-likeness (QED) is 0.757. The van der Waals surface area contributed by atoms with Crippen molar-refractivity contribution in [3.05, 3.63) is 42.5 Å². The Bertz CT molecular complexity index is 509. The maximum absolute atomic E-state index is 6.06. The van der Waals surface area contributed by atoms with Gasteiger partial charge in [-0.2, -0.15) is 0 Å². The van der Waals surface area contributed by atoms with E-state index in [1.807, 2.05) is 0 Å². The van der Waals surface area contributed by atoms with Gasteiger partial charge in [-0.05, 0) is 42.3 Å². The number of benzene rings is 2. The van der Waals surface area contributed by atoms with E-state index < -0.39 is 0 Å². The van der Waals surface area contributed by atoms with Crippen LogP contribution in [0, 0.1) is 0 Å². The molecule has 2 aromatic rings. The Morgan fingerprint density at radius 3 is 2.58 bits per heavy atom. The van der Waals surface area contributed by atoms with Gasteiger partial charge in [0.05, 0.1) is 0 Å². The largest absolute Gasteiger partial charge is 0.489 e. The van der Waals surface area contributed by atoms with Crippen LogP contribution in [0.2, 0.25) is 0 Å². The predicted octanol–water partition coefficient (Wildman–Crippen LogP) is 4.00. The second kappa shape index (κ2) is 7.15. The molecule has 0 heterocycles. The Kier molecular flexibility index (Phi) is 5.22. The summed E-state index contributed by atoms with van der Waals surface area (Å²) < 4.78 is 6.06. The maximum Gasteiger partial charge on any atom is 0.120 e. The Balaban J connectivity index is 2.02. The molecule has 2 aromatic carbocycles. The van der Waals surface area contributed by atoms with Crippen molar-refractivity contribution in [2.75, 3.05) is 13.1 Å². The summed E-state index contributed by atoms with van der Waals surface area (Å²) in [7, 11) is 0. The van der Waals surface area contributed by atoms with Gasteiger partial charge in [-0.15, -0.1) is 0 Å². The topological polar surface area (TPSA) is 21.3 Å². The van der Waals surface area contributed by atoms with Crippen LogP contribution in [0.25, 0.3) is 10.8 Å². The lowest BCUT2D eigenvalue weighted by Gasteiger charge is -2.18. The van der Waals surface area contributed by atoms with E-state index in [1.54, 1.807) is 0 Å². The average Bonchev–Trinajstić information content (AvgIpc) is 2.46. The van der Waals surface area contributed by atoms with Crippen LogP contribution < -0.4 is 10.1 Å². The molecule has 0 aliphatic carbocycles. The molecule has 102 valence electrons. The number of nitrogens with one attached hydrogen (secondary N) is 1. The summed E-state index contributed by atoms with van der Waals surface area (Å²) in [5.41, 5.74) is 0. The normalized spacial score (nSPS) is 12.5. The van der Waals surface area contributed by atoms with Gasteiger partial charge in [0.15, 0.2) is 0 Å². The summed E-state index contributed by atoms with van der Waals surface area (Å²) in [6.07, 6.45) is 2.42. The molecule has 0 spiro atoms. The third-order valence-corrected chi connectivity index (χ3v) is 3.28. The number of hydrogen-bond donors (Lipinski definition) is 1. The van der Waals surface area contributed by atoms with Crippen LogP contribution in [0.5, 0.6) is 5.75 Å². The Hall–Kier alpha value is -1.54. The molecule has 0 radical (unpaired) electrons. The van der Waals surface area contributed by atoms with Gasteiger partial charge in [0, 0.05) is 6.54 Å². The zero-order valence-electron chi connectivity index (χ0n) is 11.9. The molecule has 0 fully saturated rings. The Morgan fingerprint density at radius 2 is 1.84 bits per heavy atom. The van der Waals surface area contributed by atoms with Crippen molar-refractivity contribution in [3.63, 3.8) is 0 Å². The first-order valence-electron chi connectivity index (χ1n) is 7.19. The molecule has 19 heavy (non-hydrogen) atoms. The van der Waals surface area contributed by atoms with Crippen molar-refractivity contribution in [3.8, 4) is 5.75 Å². The van der Waals surface area contributed by atoms with Crippen molar-refractivity contribution >= 4 is 10.8 Å². The predicted molar refractivity (Wildman–Crippen MR) is 81.8 cm³/mol. The van der Waals surface area contributed by atoms with Gasteiger partial charge in [0.2, 0.25) is 0 Å². The second-order valence-electron chi connectivity index (χ2n) is 4.86. The van der Waals surface area contributed by atoms with Crippen LogP contribution in [0.4, 0.5) is 0 Å². The number of ether oxygens (including phenoxy) is 1. The average molecular weight is 257 g/mol. The van der Waals surface area contributed by atoms with Gasteiger partial charge in [0.25, 0.3) is 0 Å². The summed E-state index contributed by atoms with van der Waals surface area (Å²) >= 11 is 0. The van der Waals surface area contributed by atoms with E-state index in [0.717, 1.165) is 31.7 Å². The van der Waals surface area contributed by atoms with Crippen molar-refractivity contribution < 1.29 is 4.74 Å². The number of rotatable bonds is 7. The maximum atomic E-state index is 6.06.